The zero-order chi connectivity index (χ0) is 15.1. The molecule has 1 aliphatic heterocycles. The number of morpholine rings is 1. The minimum absolute atomic E-state index is 0.159. The highest BCUT2D eigenvalue weighted by Crippen LogP contribution is 2.14. The average molecular weight is 311 g/mol. The Morgan fingerprint density at radius 1 is 1.48 bits per heavy atom. The van der Waals surface area contributed by atoms with E-state index in [9.17, 15) is 4.79 Å². The molecule has 0 atom stereocenters. The Hall–Kier alpha value is -0.980. The third-order valence-electron chi connectivity index (χ3n) is 3.67. The van der Waals surface area contributed by atoms with E-state index in [0.717, 1.165) is 62.9 Å². The van der Waals surface area contributed by atoms with Gasteiger partial charge in [-0.25, -0.2) is 4.98 Å². The van der Waals surface area contributed by atoms with Crippen molar-refractivity contribution in [3.63, 3.8) is 0 Å². The molecule has 0 unspecified atom stereocenters. The Balaban J connectivity index is 1.80. The van der Waals surface area contributed by atoms with Crippen LogP contribution in [0, 0.1) is 0 Å². The number of carbonyl (C=O) groups is 1. The van der Waals surface area contributed by atoms with Gasteiger partial charge in [0.1, 0.15) is 5.01 Å². The first-order chi connectivity index (χ1) is 10.2. The molecule has 0 aliphatic carbocycles. The minimum Gasteiger partial charge on any atom is -0.379 e. The summed E-state index contributed by atoms with van der Waals surface area (Å²) in [6.45, 7) is 7.38. The van der Waals surface area contributed by atoms with Crippen molar-refractivity contribution in [2.45, 2.75) is 32.7 Å². The number of aromatic nitrogens is 1. The molecule has 0 saturated carbocycles. The van der Waals surface area contributed by atoms with Gasteiger partial charge in [-0.2, -0.15) is 0 Å². The Labute approximate surface area is 130 Å². The molecule has 0 aromatic carbocycles. The predicted molar refractivity (Wildman–Crippen MR) is 84.5 cm³/mol. The lowest BCUT2D eigenvalue weighted by atomic mass is 10.2. The van der Waals surface area contributed by atoms with E-state index >= 15 is 0 Å². The summed E-state index contributed by atoms with van der Waals surface area (Å²) in [7, 11) is 1.87. The number of amides is 1. The highest BCUT2D eigenvalue weighted by atomic mass is 32.1. The third kappa shape index (κ3) is 5.37. The molecule has 0 N–H and O–H groups in total. The number of unbranched alkanes of at least 4 members (excludes halogenated alkanes) is 1. The molecule has 21 heavy (non-hydrogen) atoms. The van der Waals surface area contributed by atoms with Crippen LogP contribution >= 0.6 is 11.3 Å². The lowest BCUT2D eigenvalue weighted by Gasteiger charge is -2.25. The van der Waals surface area contributed by atoms with Crippen molar-refractivity contribution < 1.29 is 9.53 Å². The van der Waals surface area contributed by atoms with Crippen molar-refractivity contribution in [3.8, 4) is 0 Å². The smallest absolute Gasteiger partial charge is 0.228 e. The quantitative estimate of drug-likeness (QED) is 0.770. The van der Waals surface area contributed by atoms with Crippen LogP contribution in [0.15, 0.2) is 5.38 Å². The number of hydrogen-bond acceptors (Lipinski definition) is 5. The monoisotopic (exact) mass is 311 g/mol. The molecule has 0 bridgehead atoms. The number of rotatable bonds is 7. The van der Waals surface area contributed by atoms with Gasteiger partial charge in [-0.1, -0.05) is 13.3 Å². The highest BCUT2D eigenvalue weighted by molar-refractivity contribution is 7.09. The first-order valence-corrected chi connectivity index (χ1v) is 8.54. The van der Waals surface area contributed by atoms with E-state index in [0.29, 0.717) is 6.42 Å². The fourth-order valence-corrected chi connectivity index (χ4v) is 3.10. The van der Waals surface area contributed by atoms with Crippen molar-refractivity contribution in [2.24, 2.45) is 0 Å². The second-order valence-corrected chi connectivity index (χ2v) is 6.41. The van der Waals surface area contributed by atoms with Crippen LogP contribution < -0.4 is 0 Å². The molecule has 6 heteroatoms. The lowest BCUT2D eigenvalue weighted by Crippen LogP contribution is -2.35. The maximum atomic E-state index is 12.1. The van der Waals surface area contributed by atoms with Crippen LogP contribution in [-0.2, 0) is 22.5 Å². The predicted octanol–water partition coefficient (Wildman–Crippen LogP) is 1.78. The van der Waals surface area contributed by atoms with Crippen molar-refractivity contribution in [1.82, 2.24) is 14.8 Å². The van der Waals surface area contributed by atoms with Gasteiger partial charge in [-0.15, -0.1) is 11.3 Å². The van der Waals surface area contributed by atoms with E-state index in [1.54, 1.807) is 11.3 Å². The van der Waals surface area contributed by atoms with Gasteiger partial charge >= 0.3 is 0 Å². The fraction of sp³-hybridized carbons (Fsp3) is 0.733. The average Bonchev–Trinajstić information content (AvgIpc) is 2.92. The summed E-state index contributed by atoms with van der Waals surface area (Å²) in [5.41, 5.74) is 0.900. The molecule has 0 spiro atoms. The van der Waals surface area contributed by atoms with E-state index in [2.05, 4.69) is 16.8 Å². The summed E-state index contributed by atoms with van der Waals surface area (Å²) >= 11 is 1.65. The fourth-order valence-electron chi connectivity index (χ4n) is 2.26. The zero-order valence-electron chi connectivity index (χ0n) is 13.0. The Morgan fingerprint density at radius 2 is 2.24 bits per heavy atom. The van der Waals surface area contributed by atoms with Crippen LogP contribution in [0.4, 0.5) is 0 Å². The molecular formula is C15H25N3O2S. The van der Waals surface area contributed by atoms with E-state index < -0.39 is 0 Å². The van der Waals surface area contributed by atoms with Gasteiger partial charge in [0.2, 0.25) is 5.91 Å². The van der Waals surface area contributed by atoms with Gasteiger partial charge in [-0.3, -0.25) is 9.69 Å². The van der Waals surface area contributed by atoms with E-state index in [4.69, 9.17) is 4.74 Å². The third-order valence-corrected chi connectivity index (χ3v) is 4.55. The summed E-state index contributed by atoms with van der Waals surface area (Å²) in [4.78, 5) is 20.8. The zero-order valence-corrected chi connectivity index (χ0v) is 13.8. The molecule has 5 nitrogen and oxygen atoms in total. The Morgan fingerprint density at radius 3 is 2.95 bits per heavy atom. The van der Waals surface area contributed by atoms with Crippen molar-refractivity contribution in [1.29, 1.82) is 0 Å². The van der Waals surface area contributed by atoms with Gasteiger partial charge in [0, 0.05) is 32.1 Å². The lowest BCUT2D eigenvalue weighted by molar-refractivity contribution is -0.129. The second-order valence-electron chi connectivity index (χ2n) is 5.47. The molecule has 1 aromatic rings. The first kappa shape index (κ1) is 16.4. The van der Waals surface area contributed by atoms with Crippen molar-refractivity contribution in [3.05, 3.63) is 16.1 Å². The summed E-state index contributed by atoms with van der Waals surface area (Å²) in [6.07, 6.45) is 2.58. The molecule has 1 aromatic heterocycles. The molecule has 2 heterocycles. The van der Waals surface area contributed by atoms with E-state index in [1.807, 2.05) is 17.3 Å². The van der Waals surface area contributed by atoms with Crippen molar-refractivity contribution in [2.75, 3.05) is 39.9 Å². The van der Waals surface area contributed by atoms with Gasteiger partial charge in [0.25, 0.3) is 0 Å². The number of carbonyl (C=O) groups excluding carboxylic acids is 1. The maximum Gasteiger partial charge on any atom is 0.228 e. The second kappa shape index (κ2) is 8.46. The highest BCUT2D eigenvalue weighted by Gasteiger charge is 2.15. The van der Waals surface area contributed by atoms with Crippen LogP contribution in [0.1, 0.15) is 30.5 Å². The summed E-state index contributed by atoms with van der Waals surface area (Å²) in [5, 5.41) is 3.11. The van der Waals surface area contributed by atoms with Crippen LogP contribution in [0.25, 0.3) is 0 Å². The van der Waals surface area contributed by atoms with Gasteiger partial charge in [0.05, 0.1) is 31.9 Å². The van der Waals surface area contributed by atoms with Crippen LogP contribution in [0.3, 0.4) is 0 Å². The largest absolute Gasteiger partial charge is 0.379 e. The normalized spacial score (nSPS) is 16.1. The molecule has 1 aliphatic rings. The molecular weight excluding hydrogens is 286 g/mol. The topological polar surface area (TPSA) is 45.7 Å². The Kier molecular flexibility index (Phi) is 6.60. The van der Waals surface area contributed by atoms with E-state index in [1.165, 1.54) is 0 Å². The van der Waals surface area contributed by atoms with Gasteiger partial charge < -0.3 is 9.64 Å². The summed E-state index contributed by atoms with van der Waals surface area (Å²) < 4.78 is 5.34. The number of ether oxygens (including phenoxy) is 1. The first-order valence-electron chi connectivity index (χ1n) is 7.66. The molecule has 2 rings (SSSR count). The molecule has 1 amide bonds. The summed E-state index contributed by atoms with van der Waals surface area (Å²) in [6, 6.07) is 0. The Bertz CT molecular complexity index is 444. The van der Waals surface area contributed by atoms with E-state index in [-0.39, 0.29) is 5.91 Å². The van der Waals surface area contributed by atoms with Crippen LogP contribution in [0.5, 0.6) is 0 Å². The molecule has 1 saturated heterocycles. The number of likely N-dealkylation sites (N-methyl/N-ethyl adjacent to an activating group) is 1. The maximum absolute atomic E-state index is 12.1. The number of thiazole rings is 1. The SMILES string of the molecule is CCCCN(C)C(=O)Cc1csc(CN2CCOCC2)n1. The van der Waals surface area contributed by atoms with Crippen molar-refractivity contribution >= 4 is 17.2 Å². The number of nitrogens with zero attached hydrogens (tertiary/aromatic N) is 3. The minimum atomic E-state index is 0.159. The molecule has 1 fully saturated rings. The molecule has 118 valence electrons. The van der Waals surface area contributed by atoms with Gasteiger partial charge in [0.15, 0.2) is 0 Å². The number of hydrogen-bond donors (Lipinski definition) is 0. The van der Waals surface area contributed by atoms with Crippen LogP contribution in [-0.4, -0.2) is 60.6 Å². The molecule has 0 radical (unpaired) electrons. The standard InChI is InChI=1S/C15H25N3O2S/c1-3-4-5-17(2)15(19)10-13-12-21-14(16-13)11-18-6-8-20-9-7-18/h12H,3-11H2,1-2H3. The summed E-state index contributed by atoms with van der Waals surface area (Å²) in [5.74, 6) is 0.159. The van der Waals surface area contributed by atoms with Crippen LogP contribution in [0.2, 0.25) is 0 Å². The van der Waals surface area contributed by atoms with Gasteiger partial charge in [-0.05, 0) is 6.42 Å².